The minimum Gasteiger partial charge on any atom is -0.480 e. The van der Waals surface area contributed by atoms with Gasteiger partial charge in [-0.2, -0.15) is 0 Å². The number of rotatable bonds is 8. The van der Waals surface area contributed by atoms with E-state index in [-0.39, 0.29) is 88.6 Å². The molecule has 0 aromatic rings. The van der Waals surface area contributed by atoms with Crippen molar-refractivity contribution in [2.75, 3.05) is 41.0 Å². The van der Waals surface area contributed by atoms with Crippen molar-refractivity contribution in [1.29, 1.82) is 0 Å². The van der Waals surface area contributed by atoms with Gasteiger partial charge in [-0.3, -0.25) is 14.4 Å². The largest absolute Gasteiger partial charge is 0.480 e. The Morgan fingerprint density at radius 2 is 0.870 bits per heavy atom. The van der Waals surface area contributed by atoms with Crippen molar-refractivity contribution in [2.24, 2.45) is 73.7 Å². The molecule has 0 aromatic carbocycles. The smallest absolute Gasteiger partial charge is 0.408 e. The van der Waals surface area contributed by atoms with Gasteiger partial charge in [-0.1, -0.05) is 104 Å². The van der Waals surface area contributed by atoms with Crippen molar-refractivity contribution in [3.05, 3.63) is 0 Å². The third kappa shape index (κ3) is 16.7. The van der Waals surface area contributed by atoms with Crippen molar-refractivity contribution < 1.29 is 67.1 Å². The number of carbonyl (C=O) groups is 8. The summed E-state index contributed by atoms with van der Waals surface area (Å²) >= 11 is 0. The van der Waals surface area contributed by atoms with Gasteiger partial charge in [-0.05, 0) is 104 Å². The number of nitrogens with zero attached hydrogens (tertiary/aromatic N) is 2. The first-order valence-corrected chi connectivity index (χ1v) is 26.2. The van der Waals surface area contributed by atoms with Gasteiger partial charge in [0.25, 0.3) is 0 Å². The SMILES string of the molecule is CC(C)(C)OC(=O)N[C@H](C(=O)O)C(C)(C)C.COC(=O)[C@@H]1[C@@H]2[C@H](CN1C(=O)[C@@H](N)C(C)(C)C)C2(C)C.COC(=O)[C@@H]1[C@@H]2[C@H](CN1C(=O)[C@@H](NC(=O)OC(C)(C)C)C(C)(C)C)C2(C)C.COC(=O)[C@H]1NC[C@H]2[C@@H]1C2(C)C.Cl.Cl. The molecule has 20 nitrogen and oxygen atoms in total. The number of carbonyl (C=O) groups excluding carboxylic acids is 7. The Balaban J connectivity index is 0.000000529. The van der Waals surface area contributed by atoms with E-state index in [1.807, 2.05) is 41.5 Å². The molecule has 4 amide bonds. The number of methoxy groups -OCH3 is 3. The van der Waals surface area contributed by atoms with Crippen LogP contribution < -0.4 is 21.7 Å². The van der Waals surface area contributed by atoms with Gasteiger partial charge in [0.1, 0.15) is 41.4 Å². The van der Waals surface area contributed by atoms with Gasteiger partial charge < -0.3 is 60.3 Å². The molecule has 3 saturated heterocycles. The molecule has 6 fully saturated rings. The Morgan fingerprint density at radius 3 is 1.16 bits per heavy atom. The van der Waals surface area contributed by atoms with Crippen molar-refractivity contribution in [3.8, 4) is 0 Å². The number of amides is 4. The van der Waals surface area contributed by atoms with E-state index in [4.69, 9.17) is 34.5 Å². The van der Waals surface area contributed by atoms with E-state index in [1.54, 1.807) is 72.1 Å². The van der Waals surface area contributed by atoms with E-state index in [0.29, 0.717) is 36.3 Å². The zero-order chi connectivity index (χ0) is 58.5. The number of carboxylic acid groups (broad SMARTS) is 1. The molecular formula is C55H98Cl2N6O14. The molecule has 446 valence electrons. The van der Waals surface area contributed by atoms with E-state index in [1.165, 1.54) is 21.3 Å². The first kappa shape index (κ1) is 70.9. The second-order valence-corrected chi connectivity index (χ2v) is 28.3. The number of likely N-dealkylation sites (tertiary alicyclic amines) is 2. The van der Waals surface area contributed by atoms with Crippen molar-refractivity contribution in [2.45, 2.75) is 193 Å². The maximum Gasteiger partial charge on any atom is 0.408 e. The number of halogens is 2. The van der Waals surface area contributed by atoms with E-state index in [9.17, 15) is 38.4 Å². The second kappa shape index (κ2) is 24.7. The van der Waals surface area contributed by atoms with Crippen molar-refractivity contribution >= 4 is 72.7 Å². The van der Waals surface area contributed by atoms with Crippen molar-refractivity contribution in [3.63, 3.8) is 0 Å². The average molecular weight is 1140 g/mol. The Kier molecular flexibility index (Phi) is 22.7. The zero-order valence-electron chi connectivity index (χ0n) is 50.6. The number of hydrogen-bond donors (Lipinski definition) is 5. The highest BCUT2D eigenvalue weighted by molar-refractivity contribution is 5.92. The standard InChI is InChI=1S/C20H34N2O5.C15H26N2O3.C11H21NO4.C9H15NO2.2ClH/c1-18(2,3)14(21-17(25)27-19(4,5)6)15(23)22-10-11-12(20(11,7)8)13(22)16(24)26-9;1-14(2,3)11(16)12(18)17-7-8-9(15(8,4)5)10(17)13(19)20-6;1-10(2,3)7(8(13)14)12-9(15)16-11(4,5)6;1-9(2)5-4-10-7(6(5)9)8(11)12-3;;/h11-14H,10H2,1-9H3,(H,21,25);8-11H,7,16H2,1-6H3;7H,1-6H3,(H,12,15)(H,13,14);5-7,10H,4H2,1-3H3;2*1H/t11-,12-,13-,14+;8-,9-,10-,11+;7-;5-,6-,7-;;/m0010../s1. The van der Waals surface area contributed by atoms with Crippen LogP contribution in [0.5, 0.6) is 0 Å². The van der Waals surface area contributed by atoms with Gasteiger partial charge in [-0.15, -0.1) is 24.8 Å². The third-order valence-electron chi connectivity index (χ3n) is 16.1. The molecule has 22 heteroatoms. The normalized spacial score (nSPS) is 27.6. The molecule has 0 aromatic heterocycles. The summed E-state index contributed by atoms with van der Waals surface area (Å²) in [5.41, 5.74) is 3.82. The van der Waals surface area contributed by atoms with Crippen LogP contribution in [0.2, 0.25) is 0 Å². The van der Waals surface area contributed by atoms with Gasteiger partial charge in [0.15, 0.2) is 0 Å². The number of ether oxygens (including phenoxy) is 5. The fraction of sp³-hybridized carbons (Fsp3) is 0.855. The summed E-state index contributed by atoms with van der Waals surface area (Å²) in [7, 11) is 4.16. The van der Waals surface area contributed by atoms with Crippen LogP contribution >= 0.6 is 24.8 Å². The minimum absolute atomic E-state index is 0. The highest BCUT2D eigenvalue weighted by atomic mass is 35.5. The van der Waals surface area contributed by atoms with Gasteiger partial charge in [0, 0.05) is 24.9 Å². The lowest BCUT2D eigenvalue weighted by Gasteiger charge is -2.37. The Bertz CT molecular complexity index is 2150. The molecule has 0 bridgehead atoms. The predicted octanol–water partition coefficient (Wildman–Crippen LogP) is 6.86. The molecule has 77 heavy (non-hydrogen) atoms. The van der Waals surface area contributed by atoms with Crippen LogP contribution in [-0.2, 0) is 52.5 Å². The maximum absolute atomic E-state index is 13.3. The van der Waals surface area contributed by atoms with E-state index in [0.717, 1.165) is 6.54 Å². The molecule has 3 aliphatic carbocycles. The number of fused-ring (bicyclic) bond motifs is 3. The van der Waals surface area contributed by atoms with Gasteiger partial charge >= 0.3 is 36.1 Å². The highest BCUT2D eigenvalue weighted by Gasteiger charge is 2.71. The molecule has 6 aliphatic rings. The lowest BCUT2D eigenvalue weighted by molar-refractivity contribution is -0.154. The van der Waals surface area contributed by atoms with Crippen LogP contribution in [0.3, 0.4) is 0 Å². The summed E-state index contributed by atoms with van der Waals surface area (Å²) in [5, 5.41) is 17.2. The molecule has 6 rings (SSSR count). The number of piperidine rings is 3. The Labute approximate surface area is 471 Å². The van der Waals surface area contributed by atoms with Gasteiger partial charge in [0.05, 0.1) is 27.4 Å². The van der Waals surface area contributed by atoms with Gasteiger partial charge in [0.2, 0.25) is 11.8 Å². The Hall–Kier alpha value is -4.14. The van der Waals surface area contributed by atoms with E-state index in [2.05, 4.69) is 57.5 Å². The van der Waals surface area contributed by atoms with Crippen LogP contribution in [0, 0.1) is 68.0 Å². The Morgan fingerprint density at radius 1 is 0.532 bits per heavy atom. The van der Waals surface area contributed by atoms with Crippen LogP contribution in [-0.4, -0.2) is 151 Å². The fourth-order valence-corrected chi connectivity index (χ4v) is 11.2. The number of nitrogens with two attached hydrogens (primary N) is 1. The first-order chi connectivity index (χ1) is 33.7. The summed E-state index contributed by atoms with van der Waals surface area (Å²) < 4.78 is 24.9. The summed E-state index contributed by atoms with van der Waals surface area (Å²) in [5.74, 6) is -0.179. The summed E-state index contributed by atoms with van der Waals surface area (Å²) in [6.45, 7) is 42.1. The summed E-state index contributed by atoms with van der Waals surface area (Å²) in [6, 6.07) is -3.50. The molecule has 6 N–H and O–H groups in total. The van der Waals surface area contributed by atoms with Crippen LogP contribution in [0.4, 0.5) is 9.59 Å². The third-order valence-corrected chi connectivity index (χ3v) is 16.1. The topological polar surface area (TPSA) is 272 Å². The van der Waals surface area contributed by atoms with Crippen molar-refractivity contribution in [1.82, 2.24) is 25.8 Å². The van der Waals surface area contributed by atoms with Gasteiger partial charge in [-0.25, -0.2) is 24.0 Å². The molecule has 12 atom stereocenters. The summed E-state index contributed by atoms with van der Waals surface area (Å²) in [6.07, 6.45) is -1.36. The van der Waals surface area contributed by atoms with E-state index < -0.39 is 76.4 Å². The molecule has 0 radical (unpaired) electrons. The quantitative estimate of drug-likeness (QED) is 0.123. The number of aliphatic carboxylic acids is 1. The maximum atomic E-state index is 13.3. The van der Waals surface area contributed by atoms with Crippen LogP contribution in [0.1, 0.15) is 145 Å². The number of nitrogens with one attached hydrogen (secondary N) is 3. The summed E-state index contributed by atoms with van der Waals surface area (Å²) in [4.78, 5) is 99.6. The first-order valence-electron chi connectivity index (χ1n) is 26.2. The molecule has 0 unspecified atom stereocenters. The average Bonchev–Trinajstić information content (AvgIpc) is 3.81. The lowest BCUT2D eigenvalue weighted by atomic mass is 9.85. The number of hydrogen-bond acceptors (Lipinski definition) is 15. The van der Waals surface area contributed by atoms with E-state index >= 15 is 0 Å². The molecule has 0 spiro atoms. The molecule has 3 aliphatic heterocycles. The van der Waals surface area contributed by atoms with Crippen LogP contribution in [0.15, 0.2) is 0 Å². The lowest BCUT2D eigenvalue weighted by Crippen LogP contribution is -2.58. The molecule has 3 saturated carbocycles. The molecule has 3 heterocycles. The highest BCUT2D eigenvalue weighted by Crippen LogP contribution is 2.66. The zero-order valence-corrected chi connectivity index (χ0v) is 52.2. The monoisotopic (exact) mass is 1140 g/mol. The van der Waals surface area contributed by atoms with Crippen LogP contribution in [0.25, 0.3) is 0 Å². The second-order valence-electron chi connectivity index (χ2n) is 28.3. The predicted molar refractivity (Wildman–Crippen MR) is 296 cm³/mol. The number of carboxylic acids is 1. The number of alkyl carbamates (subject to hydrolysis) is 2. The fourth-order valence-electron chi connectivity index (χ4n) is 11.2. The minimum atomic E-state index is -1.07. The molecular weight excluding hydrogens is 1040 g/mol. The number of esters is 3.